The predicted molar refractivity (Wildman–Crippen MR) is 101 cm³/mol. The van der Waals surface area contributed by atoms with E-state index in [1.807, 2.05) is 0 Å². The number of nitrogens with zero attached hydrogens (tertiary/aromatic N) is 3. The number of aromatic nitrogens is 3. The van der Waals surface area contributed by atoms with Gasteiger partial charge < -0.3 is 25.4 Å². The van der Waals surface area contributed by atoms with Gasteiger partial charge in [0.05, 0.1) is 30.4 Å². The highest BCUT2D eigenvalue weighted by molar-refractivity contribution is 5.88. The van der Waals surface area contributed by atoms with Gasteiger partial charge in [-0.05, 0) is 17.4 Å². The van der Waals surface area contributed by atoms with Crippen LogP contribution in [0.5, 0.6) is 0 Å². The average Bonchev–Trinajstić information content (AvgIpc) is 3.13. The Kier molecular flexibility index (Phi) is 5.67. The van der Waals surface area contributed by atoms with Crippen LogP contribution in [0.25, 0.3) is 11.0 Å². The van der Waals surface area contributed by atoms with Crippen LogP contribution in [0.4, 0.5) is 5.82 Å². The summed E-state index contributed by atoms with van der Waals surface area (Å²) in [4.78, 5) is 8.32. The molecule has 27 heavy (non-hydrogen) atoms. The zero-order chi connectivity index (χ0) is 19.6. The summed E-state index contributed by atoms with van der Waals surface area (Å²) in [6, 6.07) is 1.77. The maximum atomic E-state index is 10.4. The van der Waals surface area contributed by atoms with Crippen molar-refractivity contribution >= 4 is 16.9 Å². The van der Waals surface area contributed by atoms with Crippen LogP contribution < -0.4 is 5.73 Å². The number of ether oxygens (including phenoxy) is 2. The lowest BCUT2D eigenvalue weighted by atomic mass is 9.99. The first kappa shape index (κ1) is 19.6. The second-order valence-corrected chi connectivity index (χ2v) is 7.86. The van der Waals surface area contributed by atoms with Gasteiger partial charge in [-0.2, -0.15) is 0 Å². The van der Waals surface area contributed by atoms with Gasteiger partial charge in [0.25, 0.3) is 0 Å². The van der Waals surface area contributed by atoms with Crippen molar-refractivity contribution in [2.24, 2.45) is 5.41 Å². The second-order valence-electron chi connectivity index (χ2n) is 7.86. The Morgan fingerprint density at radius 1 is 1.41 bits per heavy atom. The molecule has 1 fully saturated rings. The standard InChI is InChI=1S/C19H26N4O4/c1-19(2,3)10-26-9-15-14(25)8-16(27-15)23-12(5-4-6-24)7-13-17(20)21-11-22-18(13)23/h7,11,14-16,24-25H,6,8-10H2,1-3H3,(H2,20,21,22). The lowest BCUT2D eigenvalue weighted by Crippen LogP contribution is -2.28. The molecule has 2 aromatic heterocycles. The summed E-state index contributed by atoms with van der Waals surface area (Å²) in [7, 11) is 0. The fourth-order valence-corrected chi connectivity index (χ4v) is 3.07. The monoisotopic (exact) mass is 374 g/mol. The van der Waals surface area contributed by atoms with Crippen molar-refractivity contribution in [3.63, 3.8) is 0 Å². The van der Waals surface area contributed by atoms with Gasteiger partial charge in [0.15, 0.2) is 0 Å². The van der Waals surface area contributed by atoms with E-state index in [1.165, 1.54) is 6.33 Å². The van der Waals surface area contributed by atoms with Gasteiger partial charge in [0.2, 0.25) is 0 Å². The molecule has 1 aliphatic heterocycles. The van der Waals surface area contributed by atoms with Crippen molar-refractivity contribution in [1.29, 1.82) is 0 Å². The minimum Gasteiger partial charge on any atom is -0.390 e. The Morgan fingerprint density at radius 2 is 2.19 bits per heavy atom. The van der Waals surface area contributed by atoms with Crippen molar-refractivity contribution in [2.75, 3.05) is 25.6 Å². The van der Waals surface area contributed by atoms with E-state index in [2.05, 4.69) is 42.6 Å². The minimum absolute atomic E-state index is 0.0427. The minimum atomic E-state index is -0.662. The van der Waals surface area contributed by atoms with Crippen molar-refractivity contribution in [1.82, 2.24) is 14.5 Å². The third-order valence-corrected chi connectivity index (χ3v) is 4.27. The molecule has 8 nitrogen and oxygen atoms in total. The predicted octanol–water partition coefficient (Wildman–Crippen LogP) is 1.07. The van der Waals surface area contributed by atoms with E-state index >= 15 is 0 Å². The zero-order valence-corrected chi connectivity index (χ0v) is 15.8. The lowest BCUT2D eigenvalue weighted by molar-refractivity contribution is -0.0706. The van der Waals surface area contributed by atoms with E-state index in [9.17, 15) is 5.11 Å². The van der Waals surface area contributed by atoms with Gasteiger partial charge in [-0.3, -0.25) is 4.57 Å². The molecule has 0 saturated carbocycles. The van der Waals surface area contributed by atoms with Crippen LogP contribution in [0, 0.1) is 17.3 Å². The number of nitrogens with two attached hydrogens (primary N) is 1. The van der Waals surface area contributed by atoms with Crippen molar-refractivity contribution in [2.45, 2.75) is 45.6 Å². The maximum Gasteiger partial charge on any atom is 0.148 e. The van der Waals surface area contributed by atoms with Crippen molar-refractivity contribution in [3.8, 4) is 11.8 Å². The Balaban J connectivity index is 1.85. The van der Waals surface area contributed by atoms with Crippen LogP contribution in [0.15, 0.2) is 12.4 Å². The first-order valence-corrected chi connectivity index (χ1v) is 8.92. The van der Waals surface area contributed by atoms with E-state index in [0.29, 0.717) is 42.2 Å². The van der Waals surface area contributed by atoms with Gasteiger partial charge in [0.1, 0.15) is 36.7 Å². The fraction of sp³-hybridized carbons (Fsp3) is 0.579. The molecule has 146 valence electrons. The van der Waals surface area contributed by atoms with Crippen LogP contribution in [0.1, 0.15) is 39.1 Å². The summed E-state index contributed by atoms with van der Waals surface area (Å²) in [6.07, 6.45) is 0.202. The number of rotatable bonds is 4. The summed E-state index contributed by atoms with van der Waals surface area (Å²) >= 11 is 0. The topological polar surface area (TPSA) is 116 Å². The molecule has 0 spiro atoms. The van der Waals surface area contributed by atoms with Gasteiger partial charge in [-0.15, -0.1) is 0 Å². The van der Waals surface area contributed by atoms with Gasteiger partial charge in [-0.25, -0.2) is 9.97 Å². The Morgan fingerprint density at radius 3 is 2.89 bits per heavy atom. The SMILES string of the molecule is CC(C)(C)COCC1OC(n2c(C#CCO)cc3c(N)ncnc32)CC1O. The smallest absolute Gasteiger partial charge is 0.148 e. The highest BCUT2D eigenvalue weighted by atomic mass is 16.6. The van der Waals surface area contributed by atoms with Gasteiger partial charge in [-0.1, -0.05) is 26.7 Å². The highest BCUT2D eigenvalue weighted by Gasteiger charge is 2.37. The number of nitrogen functional groups attached to an aromatic ring is 1. The van der Waals surface area contributed by atoms with Crippen LogP contribution in [0.3, 0.4) is 0 Å². The highest BCUT2D eigenvalue weighted by Crippen LogP contribution is 2.34. The summed E-state index contributed by atoms with van der Waals surface area (Å²) in [5.41, 5.74) is 7.18. The average molecular weight is 374 g/mol. The van der Waals surface area contributed by atoms with Crippen molar-refractivity contribution < 1.29 is 19.7 Å². The molecule has 1 saturated heterocycles. The number of hydrogen-bond acceptors (Lipinski definition) is 7. The first-order valence-electron chi connectivity index (χ1n) is 8.92. The molecule has 3 heterocycles. The number of aliphatic hydroxyl groups is 2. The van der Waals surface area contributed by atoms with Crippen LogP contribution in [-0.2, 0) is 9.47 Å². The number of aliphatic hydroxyl groups excluding tert-OH is 2. The number of fused-ring (bicyclic) bond motifs is 1. The van der Waals surface area contributed by atoms with E-state index < -0.39 is 18.4 Å². The third-order valence-electron chi connectivity index (χ3n) is 4.27. The normalized spacial score (nSPS) is 22.8. The molecule has 0 bridgehead atoms. The molecule has 2 aromatic rings. The fourth-order valence-electron chi connectivity index (χ4n) is 3.07. The molecule has 0 amide bonds. The molecular formula is C19H26N4O4. The number of hydrogen-bond donors (Lipinski definition) is 3. The van der Waals surface area contributed by atoms with E-state index in [0.717, 1.165) is 0 Å². The van der Waals surface area contributed by atoms with Gasteiger partial charge >= 0.3 is 0 Å². The molecule has 0 radical (unpaired) electrons. The van der Waals surface area contributed by atoms with Crippen LogP contribution in [0.2, 0.25) is 0 Å². The van der Waals surface area contributed by atoms with Crippen LogP contribution >= 0.6 is 0 Å². The third kappa shape index (κ3) is 4.39. The summed E-state index contributed by atoms with van der Waals surface area (Å²) in [6.45, 7) is 6.88. The van der Waals surface area contributed by atoms with E-state index in [1.54, 1.807) is 10.6 Å². The molecule has 3 unspecified atom stereocenters. The first-order chi connectivity index (χ1) is 12.8. The molecule has 1 aliphatic rings. The van der Waals surface area contributed by atoms with Crippen LogP contribution in [-0.4, -0.2) is 56.8 Å². The second kappa shape index (κ2) is 7.82. The summed E-state index contributed by atoms with van der Waals surface area (Å²) < 4.78 is 13.6. The zero-order valence-electron chi connectivity index (χ0n) is 15.8. The molecular weight excluding hydrogens is 348 g/mol. The quantitative estimate of drug-likeness (QED) is 0.686. The Labute approximate surface area is 158 Å². The Bertz CT molecular complexity index is 862. The summed E-state index contributed by atoms with van der Waals surface area (Å²) in [5.74, 6) is 5.87. The molecule has 3 rings (SSSR count). The van der Waals surface area contributed by atoms with Gasteiger partial charge in [0, 0.05) is 6.42 Å². The molecule has 8 heteroatoms. The van der Waals surface area contributed by atoms with E-state index in [-0.39, 0.29) is 12.0 Å². The lowest BCUT2D eigenvalue weighted by Gasteiger charge is -2.21. The molecule has 0 aromatic carbocycles. The molecule has 3 atom stereocenters. The Hall–Kier alpha value is -2.18. The largest absolute Gasteiger partial charge is 0.390 e. The molecule has 0 aliphatic carbocycles. The van der Waals surface area contributed by atoms with Crippen molar-refractivity contribution in [3.05, 3.63) is 18.1 Å². The number of anilines is 1. The summed E-state index contributed by atoms with van der Waals surface area (Å²) in [5, 5.41) is 20.1. The van der Waals surface area contributed by atoms with E-state index in [4.69, 9.17) is 20.3 Å². The maximum absolute atomic E-state index is 10.4. The molecule has 4 N–H and O–H groups in total.